The van der Waals surface area contributed by atoms with Gasteiger partial charge in [0.2, 0.25) is 0 Å². The fourth-order valence-electron chi connectivity index (χ4n) is 2.86. The van der Waals surface area contributed by atoms with Gasteiger partial charge in [-0.1, -0.05) is 11.6 Å². The average Bonchev–Trinajstić information content (AvgIpc) is 3.02. The van der Waals surface area contributed by atoms with Crippen molar-refractivity contribution in [3.8, 4) is 0 Å². The molecule has 0 unspecified atom stereocenters. The number of nitrogens with one attached hydrogen (secondary N) is 1. The molecule has 5 nitrogen and oxygen atoms in total. The van der Waals surface area contributed by atoms with Gasteiger partial charge in [0.05, 0.1) is 12.7 Å². The number of thiophene rings is 1. The second-order valence-electron chi connectivity index (χ2n) is 5.97. The molecule has 1 aliphatic heterocycles. The van der Waals surface area contributed by atoms with E-state index in [9.17, 15) is 4.79 Å². The molecule has 1 fully saturated rings. The topological polar surface area (TPSA) is 44.8 Å². The summed E-state index contributed by atoms with van der Waals surface area (Å²) in [4.78, 5) is 17.4. The lowest BCUT2D eigenvalue weighted by Gasteiger charge is -2.37. The molecule has 0 saturated carbocycles. The molecule has 138 valence electrons. The SMILES string of the molecule is COC(=O)c1cc(C)sc1NC(=S)N1CCN(c2ccc(Cl)cc2)CC1. The van der Waals surface area contributed by atoms with Gasteiger partial charge in [0.25, 0.3) is 0 Å². The highest BCUT2D eigenvalue weighted by Crippen LogP contribution is 2.29. The number of carbonyl (C=O) groups excluding carboxylic acids is 1. The van der Waals surface area contributed by atoms with Crippen molar-refractivity contribution in [1.29, 1.82) is 0 Å². The van der Waals surface area contributed by atoms with E-state index in [0.29, 0.717) is 10.7 Å². The Labute approximate surface area is 167 Å². The van der Waals surface area contributed by atoms with E-state index in [-0.39, 0.29) is 5.97 Å². The minimum absolute atomic E-state index is 0.354. The maximum absolute atomic E-state index is 11.9. The summed E-state index contributed by atoms with van der Waals surface area (Å²) in [6.45, 7) is 5.32. The lowest BCUT2D eigenvalue weighted by molar-refractivity contribution is 0.0602. The number of hydrogen-bond donors (Lipinski definition) is 1. The molecular weight excluding hydrogens is 390 g/mol. The Bertz CT molecular complexity index is 799. The minimum atomic E-state index is -0.354. The summed E-state index contributed by atoms with van der Waals surface area (Å²) in [6.07, 6.45) is 0. The highest BCUT2D eigenvalue weighted by atomic mass is 35.5. The third-order valence-corrected chi connectivity index (χ3v) is 5.82. The molecule has 8 heteroatoms. The van der Waals surface area contributed by atoms with Crippen molar-refractivity contribution in [2.24, 2.45) is 0 Å². The van der Waals surface area contributed by atoms with Crippen molar-refractivity contribution >= 4 is 56.9 Å². The summed E-state index contributed by atoms with van der Waals surface area (Å²) in [5.41, 5.74) is 1.69. The first kappa shape index (κ1) is 18.9. The van der Waals surface area contributed by atoms with E-state index in [1.54, 1.807) is 0 Å². The number of piperazine rings is 1. The summed E-state index contributed by atoms with van der Waals surface area (Å²) in [5, 5.41) is 5.33. The molecule has 26 heavy (non-hydrogen) atoms. The van der Waals surface area contributed by atoms with Crippen LogP contribution < -0.4 is 10.2 Å². The van der Waals surface area contributed by atoms with Crippen LogP contribution in [0.5, 0.6) is 0 Å². The molecule has 2 aromatic rings. The number of aryl methyl sites for hydroxylation is 1. The smallest absolute Gasteiger partial charge is 0.340 e. The summed E-state index contributed by atoms with van der Waals surface area (Å²) in [6, 6.07) is 9.70. The Balaban J connectivity index is 1.61. The number of nitrogens with zero attached hydrogens (tertiary/aromatic N) is 2. The first-order valence-electron chi connectivity index (χ1n) is 8.23. The lowest BCUT2D eigenvalue weighted by Crippen LogP contribution is -2.50. The zero-order valence-electron chi connectivity index (χ0n) is 14.6. The zero-order valence-corrected chi connectivity index (χ0v) is 17.0. The van der Waals surface area contributed by atoms with E-state index in [4.69, 9.17) is 28.6 Å². The number of esters is 1. The van der Waals surface area contributed by atoms with E-state index < -0.39 is 0 Å². The van der Waals surface area contributed by atoms with Gasteiger partial charge in [0.1, 0.15) is 5.00 Å². The maximum atomic E-state index is 11.9. The fourth-order valence-corrected chi connectivity index (χ4v) is 4.24. The van der Waals surface area contributed by atoms with E-state index >= 15 is 0 Å². The molecule has 1 N–H and O–H groups in total. The molecule has 2 heterocycles. The maximum Gasteiger partial charge on any atom is 0.340 e. The van der Waals surface area contributed by atoms with E-state index in [2.05, 4.69) is 15.1 Å². The van der Waals surface area contributed by atoms with Gasteiger partial charge in [-0.25, -0.2) is 4.79 Å². The number of methoxy groups -OCH3 is 1. The molecule has 0 radical (unpaired) electrons. The van der Waals surface area contributed by atoms with Crippen LogP contribution in [-0.2, 0) is 4.74 Å². The number of anilines is 2. The van der Waals surface area contributed by atoms with Gasteiger partial charge in [-0.3, -0.25) is 0 Å². The zero-order chi connectivity index (χ0) is 18.7. The highest BCUT2D eigenvalue weighted by Gasteiger charge is 2.22. The molecule has 3 rings (SSSR count). The molecule has 1 saturated heterocycles. The van der Waals surface area contributed by atoms with Gasteiger partial charge >= 0.3 is 5.97 Å². The van der Waals surface area contributed by atoms with Crippen LogP contribution in [0.25, 0.3) is 0 Å². The average molecular weight is 410 g/mol. The Morgan fingerprint density at radius 3 is 2.50 bits per heavy atom. The van der Waals surface area contributed by atoms with Crippen LogP contribution >= 0.6 is 35.2 Å². The first-order chi connectivity index (χ1) is 12.5. The largest absolute Gasteiger partial charge is 0.465 e. The van der Waals surface area contributed by atoms with Crippen LogP contribution in [0.3, 0.4) is 0 Å². The number of rotatable bonds is 3. The van der Waals surface area contributed by atoms with Gasteiger partial charge in [0.15, 0.2) is 5.11 Å². The Morgan fingerprint density at radius 1 is 1.23 bits per heavy atom. The monoisotopic (exact) mass is 409 g/mol. The van der Waals surface area contributed by atoms with Crippen LogP contribution in [0.1, 0.15) is 15.2 Å². The van der Waals surface area contributed by atoms with Crippen molar-refractivity contribution in [2.75, 3.05) is 43.5 Å². The van der Waals surface area contributed by atoms with Gasteiger partial charge in [0, 0.05) is 41.8 Å². The molecule has 0 spiro atoms. The lowest BCUT2D eigenvalue weighted by atomic mass is 10.2. The summed E-state index contributed by atoms with van der Waals surface area (Å²) >= 11 is 13.0. The molecule has 1 aliphatic rings. The second kappa shape index (κ2) is 8.24. The van der Waals surface area contributed by atoms with Crippen LogP contribution in [0.4, 0.5) is 10.7 Å². The summed E-state index contributed by atoms with van der Waals surface area (Å²) in [7, 11) is 1.38. The quantitative estimate of drug-likeness (QED) is 0.610. The van der Waals surface area contributed by atoms with Gasteiger partial charge in [-0.15, -0.1) is 11.3 Å². The fraction of sp³-hybridized carbons (Fsp3) is 0.333. The van der Waals surface area contributed by atoms with E-state index in [1.165, 1.54) is 18.4 Å². The standard InChI is InChI=1S/C18H20ClN3O2S2/c1-12-11-15(17(23)24-2)16(26-12)20-18(25)22-9-7-21(8-10-22)14-5-3-13(19)4-6-14/h3-6,11H,7-10H2,1-2H3,(H,20,25). The predicted octanol–water partition coefficient (Wildman–Crippen LogP) is 4.02. The number of carbonyl (C=O) groups is 1. The van der Waals surface area contributed by atoms with Crippen molar-refractivity contribution in [2.45, 2.75) is 6.92 Å². The van der Waals surface area contributed by atoms with Crippen LogP contribution in [0.15, 0.2) is 30.3 Å². The second-order valence-corrected chi connectivity index (χ2v) is 8.05. The van der Waals surface area contributed by atoms with Gasteiger partial charge < -0.3 is 19.9 Å². The number of halogens is 1. The molecule has 0 atom stereocenters. The van der Waals surface area contributed by atoms with Gasteiger partial charge in [-0.2, -0.15) is 0 Å². The van der Waals surface area contributed by atoms with E-state index in [1.807, 2.05) is 37.3 Å². The third kappa shape index (κ3) is 4.28. The highest BCUT2D eigenvalue weighted by molar-refractivity contribution is 7.80. The van der Waals surface area contributed by atoms with Crippen molar-refractivity contribution in [1.82, 2.24) is 4.90 Å². The van der Waals surface area contributed by atoms with Crippen LogP contribution in [0, 0.1) is 6.92 Å². The predicted molar refractivity (Wildman–Crippen MR) is 112 cm³/mol. The summed E-state index contributed by atoms with van der Waals surface area (Å²) in [5.74, 6) is -0.354. The van der Waals surface area contributed by atoms with Gasteiger partial charge in [-0.05, 0) is 49.5 Å². The van der Waals surface area contributed by atoms with Crippen molar-refractivity contribution < 1.29 is 9.53 Å². The minimum Gasteiger partial charge on any atom is -0.465 e. The number of ether oxygens (including phenoxy) is 1. The normalized spacial score (nSPS) is 14.3. The Kier molecular flexibility index (Phi) is 6.01. The molecule has 0 aliphatic carbocycles. The number of benzene rings is 1. The molecule has 1 aromatic heterocycles. The molecule has 0 bridgehead atoms. The van der Waals surface area contributed by atoms with Crippen molar-refractivity contribution in [3.05, 3.63) is 45.8 Å². The van der Waals surface area contributed by atoms with Crippen LogP contribution in [0.2, 0.25) is 5.02 Å². The Morgan fingerprint density at radius 2 is 1.88 bits per heavy atom. The Hall–Kier alpha value is -1.83. The number of thiocarbonyl (C=S) groups is 1. The molecule has 1 aromatic carbocycles. The summed E-state index contributed by atoms with van der Waals surface area (Å²) < 4.78 is 4.84. The van der Waals surface area contributed by atoms with E-state index in [0.717, 1.165) is 46.8 Å². The molecular formula is C18H20ClN3O2S2. The third-order valence-electron chi connectivity index (χ3n) is 4.24. The van der Waals surface area contributed by atoms with Crippen molar-refractivity contribution in [3.63, 3.8) is 0 Å². The molecule has 0 amide bonds. The van der Waals surface area contributed by atoms with Crippen LogP contribution in [-0.4, -0.2) is 49.3 Å². The number of hydrogen-bond acceptors (Lipinski definition) is 5. The first-order valence-corrected chi connectivity index (χ1v) is 9.83.